The molecule has 88 valence electrons. The van der Waals surface area contributed by atoms with Crippen molar-refractivity contribution in [1.82, 2.24) is 4.90 Å². The number of ether oxygens (including phenoxy) is 1. The van der Waals surface area contributed by atoms with Gasteiger partial charge in [0.1, 0.15) is 0 Å². The molecule has 0 rings (SSSR count). The van der Waals surface area contributed by atoms with Gasteiger partial charge in [-0.25, -0.2) is 0 Å². The van der Waals surface area contributed by atoms with Crippen LogP contribution >= 0.6 is 12.2 Å². The van der Waals surface area contributed by atoms with Crippen molar-refractivity contribution in [1.29, 1.82) is 0 Å². The van der Waals surface area contributed by atoms with Crippen LogP contribution in [0.2, 0.25) is 0 Å². The minimum absolute atomic E-state index is 0.204. The molecule has 0 aliphatic carbocycles. The van der Waals surface area contributed by atoms with E-state index in [0.29, 0.717) is 18.0 Å². The number of hydrogen-bond acceptors (Lipinski definition) is 4. The molecule has 0 spiro atoms. The van der Waals surface area contributed by atoms with Crippen molar-refractivity contribution in [2.75, 3.05) is 27.2 Å². The van der Waals surface area contributed by atoms with Crippen LogP contribution in [0.25, 0.3) is 0 Å². The van der Waals surface area contributed by atoms with Gasteiger partial charge < -0.3 is 15.4 Å². The van der Waals surface area contributed by atoms with E-state index in [9.17, 15) is 4.79 Å². The lowest BCUT2D eigenvalue weighted by Gasteiger charge is -2.27. The monoisotopic (exact) mass is 232 g/mol. The Balaban J connectivity index is 4.09. The minimum Gasteiger partial charge on any atom is -0.469 e. The van der Waals surface area contributed by atoms with Gasteiger partial charge in [-0.2, -0.15) is 0 Å². The van der Waals surface area contributed by atoms with Crippen molar-refractivity contribution in [3.63, 3.8) is 0 Å². The topological polar surface area (TPSA) is 55.6 Å². The molecule has 4 nitrogen and oxygen atoms in total. The molecule has 0 fully saturated rings. The number of thiocarbonyl (C=S) groups is 1. The maximum atomic E-state index is 11.4. The van der Waals surface area contributed by atoms with Crippen molar-refractivity contribution < 1.29 is 9.53 Å². The van der Waals surface area contributed by atoms with E-state index in [2.05, 4.69) is 0 Å². The van der Waals surface area contributed by atoms with Gasteiger partial charge in [0.15, 0.2) is 0 Å². The Hall–Kier alpha value is -0.680. The van der Waals surface area contributed by atoms with E-state index in [1.54, 1.807) is 0 Å². The number of rotatable bonds is 6. The smallest absolute Gasteiger partial charge is 0.312 e. The molecule has 0 amide bonds. The number of carbonyl (C=O) groups excluding carboxylic acids is 1. The highest BCUT2D eigenvalue weighted by Crippen LogP contribution is 2.18. The summed E-state index contributed by atoms with van der Waals surface area (Å²) < 4.78 is 4.73. The fourth-order valence-electron chi connectivity index (χ4n) is 1.40. The molecular formula is C10H20N2O2S. The molecule has 0 heterocycles. The highest BCUT2D eigenvalue weighted by atomic mass is 32.1. The number of nitrogens with zero attached hydrogens (tertiary/aromatic N) is 1. The van der Waals surface area contributed by atoms with Gasteiger partial charge in [0.25, 0.3) is 0 Å². The van der Waals surface area contributed by atoms with Gasteiger partial charge in [-0.15, -0.1) is 0 Å². The Morgan fingerprint density at radius 3 is 2.47 bits per heavy atom. The zero-order valence-electron chi connectivity index (χ0n) is 9.87. The molecule has 0 aliphatic rings. The van der Waals surface area contributed by atoms with E-state index >= 15 is 0 Å². The highest BCUT2D eigenvalue weighted by Gasteiger charge is 2.29. The quantitative estimate of drug-likeness (QED) is 0.542. The summed E-state index contributed by atoms with van der Waals surface area (Å²) in [7, 11) is 3.34. The van der Waals surface area contributed by atoms with Crippen LogP contribution in [0.15, 0.2) is 0 Å². The third kappa shape index (κ3) is 5.69. The second-order valence-electron chi connectivity index (χ2n) is 4.33. The molecule has 0 atom stereocenters. The van der Waals surface area contributed by atoms with E-state index in [1.165, 1.54) is 7.11 Å². The van der Waals surface area contributed by atoms with Crippen molar-refractivity contribution >= 4 is 23.2 Å². The summed E-state index contributed by atoms with van der Waals surface area (Å²) in [5.74, 6) is -0.204. The van der Waals surface area contributed by atoms with Crippen LogP contribution in [0, 0.1) is 5.41 Å². The molecule has 0 aromatic rings. The molecule has 0 aromatic heterocycles. The standard InChI is InChI=1S/C10H20N2O2S/c1-10(2,9(13)14-4)7-12(3)6-5-8(11)15/h5-7H2,1-4H3,(H2,11,15). The van der Waals surface area contributed by atoms with Gasteiger partial charge in [-0.05, 0) is 20.9 Å². The van der Waals surface area contributed by atoms with Gasteiger partial charge in [0.2, 0.25) is 0 Å². The number of carbonyl (C=O) groups is 1. The summed E-state index contributed by atoms with van der Waals surface area (Å²) in [5.41, 5.74) is 4.90. The number of nitrogens with two attached hydrogens (primary N) is 1. The van der Waals surface area contributed by atoms with Gasteiger partial charge in [-0.1, -0.05) is 12.2 Å². The predicted octanol–water partition coefficient (Wildman–Crippen LogP) is 0.794. The first-order chi connectivity index (χ1) is 6.79. The molecule has 0 bridgehead atoms. The molecule has 15 heavy (non-hydrogen) atoms. The lowest BCUT2D eigenvalue weighted by molar-refractivity contribution is -0.151. The average Bonchev–Trinajstić information content (AvgIpc) is 2.12. The fraction of sp³-hybridized carbons (Fsp3) is 0.800. The second kappa shape index (κ2) is 6.02. The van der Waals surface area contributed by atoms with Crippen LogP contribution in [0.5, 0.6) is 0 Å². The highest BCUT2D eigenvalue weighted by molar-refractivity contribution is 7.80. The molecule has 2 N–H and O–H groups in total. The molecule has 0 saturated carbocycles. The van der Waals surface area contributed by atoms with Crippen molar-refractivity contribution in [3.05, 3.63) is 0 Å². The first-order valence-electron chi connectivity index (χ1n) is 4.85. The third-order valence-electron chi connectivity index (χ3n) is 2.14. The molecule has 5 heteroatoms. The van der Waals surface area contributed by atoms with Crippen LogP contribution in [-0.2, 0) is 9.53 Å². The zero-order chi connectivity index (χ0) is 12.1. The van der Waals surface area contributed by atoms with Gasteiger partial charge in [0, 0.05) is 19.5 Å². The van der Waals surface area contributed by atoms with Crippen molar-refractivity contribution in [2.45, 2.75) is 20.3 Å². The Labute approximate surface area is 96.8 Å². The first-order valence-corrected chi connectivity index (χ1v) is 5.25. The zero-order valence-corrected chi connectivity index (χ0v) is 10.7. The summed E-state index contributed by atoms with van der Waals surface area (Å²) in [4.78, 5) is 13.9. The van der Waals surface area contributed by atoms with E-state index in [1.807, 2.05) is 25.8 Å². The molecule has 0 unspecified atom stereocenters. The lowest BCUT2D eigenvalue weighted by atomic mass is 9.93. The maximum Gasteiger partial charge on any atom is 0.312 e. The van der Waals surface area contributed by atoms with E-state index in [4.69, 9.17) is 22.7 Å². The van der Waals surface area contributed by atoms with Crippen LogP contribution in [0.1, 0.15) is 20.3 Å². The predicted molar refractivity (Wildman–Crippen MR) is 64.7 cm³/mol. The van der Waals surface area contributed by atoms with Crippen LogP contribution in [0.4, 0.5) is 0 Å². The fourth-order valence-corrected chi connectivity index (χ4v) is 1.49. The third-order valence-corrected chi connectivity index (χ3v) is 2.35. The maximum absolute atomic E-state index is 11.4. The summed E-state index contributed by atoms with van der Waals surface area (Å²) >= 11 is 4.79. The Kier molecular flexibility index (Phi) is 5.75. The van der Waals surface area contributed by atoms with E-state index in [0.717, 1.165) is 6.54 Å². The Morgan fingerprint density at radius 1 is 1.53 bits per heavy atom. The number of hydrogen-bond donors (Lipinski definition) is 1. The second-order valence-corrected chi connectivity index (χ2v) is 4.85. The van der Waals surface area contributed by atoms with Crippen molar-refractivity contribution in [2.24, 2.45) is 11.1 Å². The molecule has 0 aromatic carbocycles. The summed E-state index contributed by atoms with van der Waals surface area (Å²) in [6.45, 7) is 5.10. The SMILES string of the molecule is COC(=O)C(C)(C)CN(C)CCC(N)=S. The Bertz CT molecular complexity index is 242. The first kappa shape index (κ1) is 14.3. The molecule has 0 radical (unpaired) electrons. The van der Waals surface area contributed by atoms with Crippen LogP contribution < -0.4 is 5.73 Å². The summed E-state index contributed by atoms with van der Waals surface area (Å²) in [6.07, 6.45) is 0.670. The molecule has 0 aliphatic heterocycles. The Morgan fingerprint density at radius 2 is 2.07 bits per heavy atom. The van der Waals surface area contributed by atoms with Gasteiger partial charge in [0.05, 0.1) is 17.5 Å². The average molecular weight is 232 g/mol. The van der Waals surface area contributed by atoms with E-state index in [-0.39, 0.29) is 5.97 Å². The normalized spacial score (nSPS) is 11.5. The van der Waals surface area contributed by atoms with Gasteiger partial charge >= 0.3 is 5.97 Å². The van der Waals surface area contributed by atoms with Crippen molar-refractivity contribution in [3.8, 4) is 0 Å². The molecular weight excluding hydrogens is 212 g/mol. The largest absolute Gasteiger partial charge is 0.469 e. The van der Waals surface area contributed by atoms with Gasteiger partial charge in [-0.3, -0.25) is 4.79 Å². The van der Waals surface area contributed by atoms with Crippen LogP contribution in [0.3, 0.4) is 0 Å². The molecule has 0 saturated heterocycles. The summed E-state index contributed by atoms with van der Waals surface area (Å²) in [6, 6.07) is 0. The lowest BCUT2D eigenvalue weighted by Crippen LogP contribution is -2.39. The summed E-state index contributed by atoms with van der Waals surface area (Å²) in [5, 5.41) is 0. The minimum atomic E-state index is -0.500. The number of methoxy groups -OCH3 is 1. The van der Waals surface area contributed by atoms with E-state index < -0.39 is 5.41 Å². The number of esters is 1. The van der Waals surface area contributed by atoms with Crippen LogP contribution in [-0.4, -0.2) is 43.1 Å².